The van der Waals surface area contributed by atoms with Crippen LogP contribution in [-0.4, -0.2) is 31.1 Å². The molecule has 0 heterocycles. The molecule has 0 atom stereocenters. The van der Waals surface area contributed by atoms with E-state index in [-0.39, 0.29) is 0 Å². The quantitative estimate of drug-likeness (QED) is 0.547. The molecule has 0 amide bonds. The van der Waals surface area contributed by atoms with Crippen LogP contribution >= 0.6 is 0 Å². The Bertz CT molecular complexity index is 354. The average Bonchev–Trinajstić information content (AvgIpc) is 2.51. The summed E-state index contributed by atoms with van der Waals surface area (Å²) in [7, 11) is 0. The standard InChI is InChI=1S/C18H29NO/c1-4-17-11-13-18(14-12-17)20-16-10-8-7-9-15-19(5-2)6-3/h4,11-14H,1,5-10,15-16H2,2-3H3. The summed E-state index contributed by atoms with van der Waals surface area (Å²) in [5.41, 5.74) is 1.13. The van der Waals surface area contributed by atoms with Gasteiger partial charge in [0.1, 0.15) is 5.75 Å². The number of hydrogen-bond donors (Lipinski definition) is 0. The Kier molecular flexibility index (Phi) is 8.81. The third kappa shape index (κ3) is 6.76. The van der Waals surface area contributed by atoms with Crippen LogP contribution in [0.5, 0.6) is 5.75 Å². The lowest BCUT2D eigenvalue weighted by molar-refractivity contribution is 0.284. The van der Waals surface area contributed by atoms with Gasteiger partial charge < -0.3 is 9.64 Å². The van der Waals surface area contributed by atoms with Gasteiger partial charge in [-0.25, -0.2) is 0 Å². The first kappa shape index (κ1) is 16.8. The highest BCUT2D eigenvalue weighted by atomic mass is 16.5. The molecular weight excluding hydrogens is 246 g/mol. The van der Waals surface area contributed by atoms with Gasteiger partial charge in [-0.05, 0) is 50.2 Å². The van der Waals surface area contributed by atoms with E-state index in [0.717, 1.165) is 24.3 Å². The highest BCUT2D eigenvalue weighted by Gasteiger charge is 1.98. The fourth-order valence-electron chi connectivity index (χ4n) is 2.22. The second-order valence-corrected chi connectivity index (χ2v) is 5.06. The lowest BCUT2D eigenvalue weighted by atomic mass is 10.2. The summed E-state index contributed by atoms with van der Waals surface area (Å²) in [6.45, 7) is 12.6. The molecule has 0 aliphatic carbocycles. The van der Waals surface area contributed by atoms with Gasteiger partial charge in [0.05, 0.1) is 6.61 Å². The van der Waals surface area contributed by atoms with Crippen molar-refractivity contribution in [2.24, 2.45) is 0 Å². The first-order chi connectivity index (χ1) is 9.80. The van der Waals surface area contributed by atoms with Crippen LogP contribution in [0.25, 0.3) is 6.08 Å². The fraction of sp³-hybridized carbons (Fsp3) is 0.556. The summed E-state index contributed by atoms with van der Waals surface area (Å²) in [5, 5.41) is 0. The summed E-state index contributed by atoms with van der Waals surface area (Å²) in [6, 6.07) is 8.09. The Morgan fingerprint density at radius 2 is 1.65 bits per heavy atom. The van der Waals surface area contributed by atoms with E-state index >= 15 is 0 Å². The third-order valence-electron chi connectivity index (χ3n) is 3.65. The minimum absolute atomic E-state index is 0.818. The molecular formula is C18H29NO. The maximum atomic E-state index is 5.73. The van der Waals surface area contributed by atoms with E-state index in [2.05, 4.69) is 25.3 Å². The third-order valence-corrected chi connectivity index (χ3v) is 3.65. The lowest BCUT2D eigenvalue weighted by Crippen LogP contribution is -2.23. The molecule has 0 spiro atoms. The molecule has 0 N–H and O–H groups in total. The van der Waals surface area contributed by atoms with Crippen LogP contribution in [0.15, 0.2) is 30.8 Å². The molecule has 0 saturated heterocycles. The first-order valence-electron chi connectivity index (χ1n) is 7.87. The molecule has 0 aromatic heterocycles. The van der Waals surface area contributed by atoms with Crippen LogP contribution in [0, 0.1) is 0 Å². The van der Waals surface area contributed by atoms with Gasteiger partial charge in [-0.3, -0.25) is 0 Å². The first-order valence-corrected chi connectivity index (χ1v) is 7.87. The summed E-state index contributed by atoms with van der Waals surface area (Å²) >= 11 is 0. The highest BCUT2D eigenvalue weighted by Crippen LogP contribution is 2.13. The van der Waals surface area contributed by atoms with E-state index in [0.29, 0.717) is 0 Å². The second kappa shape index (κ2) is 10.5. The Morgan fingerprint density at radius 3 is 2.25 bits per heavy atom. The molecule has 2 nitrogen and oxygen atoms in total. The van der Waals surface area contributed by atoms with E-state index in [1.54, 1.807) is 0 Å². The molecule has 0 aliphatic heterocycles. The zero-order chi connectivity index (χ0) is 14.6. The molecule has 1 aromatic rings. The normalized spacial score (nSPS) is 10.8. The highest BCUT2D eigenvalue weighted by molar-refractivity contribution is 5.48. The van der Waals surface area contributed by atoms with Gasteiger partial charge in [0.15, 0.2) is 0 Å². The molecule has 1 aromatic carbocycles. The maximum absolute atomic E-state index is 5.73. The minimum atomic E-state index is 0.818. The molecule has 112 valence electrons. The molecule has 0 unspecified atom stereocenters. The van der Waals surface area contributed by atoms with Gasteiger partial charge >= 0.3 is 0 Å². The number of benzene rings is 1. The number of unbranched alkanes of at least 4 members (excludes halogenated alkanes) is 3. The Hall–Kier alpha value is -1.28. The average molecular weight is 275 g/mol. The van der Waals surface area contributed by atoms with Gasteiger partial charge in [-0.15, -0.1) is 0 Å². The summed E-state index contributed by atoms with van der Waals surface area (Å²) < 4.78 is 5.73. The van der Waals surface area contributed by atoms with Crippen molar-refractivity contribution in [3.8, 4) is 5.75 Å². The van der Waals surface area contributed by atoms with Crippen molar-refractivity contribution in [2.45, 2.75) is 39.5 Å². The van der Waals surface area contributed by atoms with E-state index in [1.165, 1.54) is 38.9 Å². The summed E-state index contributed by atoms with van der Waals surface area (Å²) in [4.78, 5) is 2.48. The molecule has 0 saturated carbocycles. The lowest BCUT2D eigenvalue weighted by Gasteiger charge is -2.17. The predicted molar refractivity (Wildman–Crippen MR) is 88.3 cm³/mol. The van der Waals surface area contributed by atoms with Crippen molar-refractivity contribution in [3.63, 3.8) is 0 Å². The van der Waals surface area contributed by atoms with Crippen LogP contribution in [0.1, 0.15) is 45.1 Å². The second-order valence-electron chi connectivity index (χ2n) is 5.06. The topological polar surface area (TPSA) is 12.5 Å². The molecule has 2 heteroatoms. The van der Waals surface area contributed by atoms with Crippen molar-refractivity contribution in [2.75, 3.05) is 26.2 Å². The van der Waals surface area contributed by atoms with Crippen molar-refractivity contribution < 1.29 is 4.74 Å². The van der Waals surface area contributed by atoms with Crippen molar-refractivity contribution in [3.05, 3.63) is 36.4 Å². The molecule has 0 aliphatic rings. The van der Waals surface area contributed by atoms with E-state index in [1.807, 2.05) is 30.3 Å². The van der Waals surface area contributed by atoms with Crippen molar-refractivity contribution >= 4 is 6.08 Å². The Morgan fingerprint density at radius 1 is 1.00 bits per heavy atom. The van der Waals surface area contributed by atoms with E-state index < -0.39 is 0 Å². The number of rotatable bonds is 11. The number of ether oxygens (including phenoxy) is 1. The van der Waals surface area contributed by atoms with Crippen LogP contribution in [0.2, 0.25) is 0 Å². The van der Waals surface area contributed by atoms with Crippen molar-refractivity contribution in [1.82, 2.24) is 4.90 Å². The van der Waals surface area contributed by atoms with Crippen LogP contribution in [-0.2, 0) is 0 Å². The number of hydrogen-bond acceptors (Lipinski definition) is 2. The predicted octanol–water partition coefficient (Wildman–Crippen LogP) is 4.61. The Balaban J connectivity index is 2.02. The van der Waals surface area contributed by atoms with Gasteiger partial charge in [0.2, 0.25) is 0 Å². The molecule has 0 fully saturated rings. The van der Waals surface area contributed by atoms with Gasteiger partial charge in [-0.1, -0.05) is 51.5 Å². The van der Waals surface area contributed by atoms with Crippen LogP contribution in [0.3, 0.4) is 0 Å². The monoisotopic (exact) mass is 275 g/mol. The van der Waals surface area contributed by atoms with Crippen LogP contribution < -0.4 is 4.74 Å². The summed E-state index contributed by atoms with van der Waals surface area (Å²) in [5.74, 6) is 0.957. The van der Waals surface area contributed by atoms with E-state index in [9.17, 15) is 0 Å². The molecule has 1 rings (SSSR count). The van der Waals surface area contributed by atoms with Gasteiger partial charge in [0, 0.05) is 0 Å². The number of nitrogens with zero attached hydrogens (tertiary/aromatic N) is 1. The SMILES string of the molecule is C=Cc1ccc(OCCCCCCN(CC)CC)cc1. The Labute approximate surface area is 124 Å². The van der Waals surface area contributed by atoms with Crippen LogP contribution in [0.4, 0.5) is 0 Å². The molecule has 20 heavy (non-hydrogen) atoms. The van der Waals surface area contributed by atoms with Gasteiger partial charge in [0.25, 0.3) is 0 Å². The zero-order valence-corrected chi connectivity index (χ0v) is 13.1. The maximum Gasteiger partial charge on any atom is 0.119 e. The zero-order valence-electron chi connectivity index (χ0n) is 13.1. The molecule has 0 radical (unpaired) electrons. The largest absolute Gasteiger partial charge is 0.494 e. The van der Waals surface area contributed by atoms with Crippen molar-refractivity contribution in [1.29, 1.82) is 0 Å². The summed E-state index contributed by atoms with van der Waals surface area (Å²) in [6.07, 6.45) is 6.85. The van der Waals surface area contributed by atoms with Gasteiger partial charge in [-0.2, -0.15) is 0 Å². The minimum Gasteiger partial charge on any atom is -0.494 e. The molecule has 0 bridgehead atoms. The van der Waals surface area contributed by atoms with E-state index in [4.69, 9.17) is 4.74 Å². The fourth-order valence-corrected chi connectivity index (χ4v) is 2.22. The smallest absolute Gasteiger partial charge is 0.119 e.